The number of rotatable bonds is 7. The molecule has 2 aromatic carbocycles. The Morgan fingerprint density at radius 1 is 0.786 bits per heavy atom. The van der Waals surface area contributed by atoms with Gasteiger partial charge in [-0.3, -0.25) is 0 Å². The molecule has 1 aliphatic carbocycles. The topological polar surface area (TPSA) is 18.5 Å². The van der Waals surface area contributed by atoms with Crippen LogP contribution in [-0.2, 0) is 0 Å². The van der Waals surface area contributed by atoms with Gasteiger partial charge in [-0.15, -0.1) is 0 Å². The lowest BCUT2D eigenvalue weighted by Crippen LogP contribution is -2.18. The van der Waals surface area contributed by atoms with Gasteiger partial charge in [0.1, 0.15) is 11.5 Å². The van der Waals surface area contributed by atoms with E-state index in [9.17, 15) is 0 Å². The summed E-state index contributed by atoms with van der Waals surface area (Å²) in [7, 11) is -0.215. The Kier molecular flexibility index (Phi) is 7.41. The second-order valence-electron chi connectivity index (χ2n) is 8.38. The lowest BCUT2D eigenvalue weighted by atomic mass is 10.0. The molecule has 2 aromatic rings. The summed E-state index contributed by atoms with van der Waals surface area (Å²) in [6.45, 7) is 10.8. The highest BCUT2D eigenvalue weighted by Gasteiger charge is 2.25. The zero-order valence-corrected chi connectivity index (χ0v) is 19.0. The van der Waals surface area contributed by atoms with Gasteiger partial charge in [-0.25, -0.2) is 0 Å². The van der Waals surface area contributed by atoms with Gasteiger partial charge in [0.25, 0.3) is 0 Å². The minimum Gasteiger partial charge on any atom is -0.490 e. The predicted molar refractivity (Wildman–Crippen MR) is 123 cm³/mol. The molecule has 0 aromatic heterocycles. The number of hydrogen-bond acceptors (Lipinski definition) is 2. The van der Waals surface area contributed by atoms with Crippen LogP contribution >= 0.6 is 7.92 Å². The molecule has 0 N–H and O–H groups in total. The van der Waals surface area contributed by atoms with Crippen LogP contribution in [-0.4, -0.2) is 24.5 Å². The van der Waals surface area contributed by atoms with Crippen molar-refractivity contribution in [2.75, 3.05) is 6.66 Å². The van der Waals surface area contributed by atoms with E-state index in [1.807, 2.05) is 6.07 Å². The second-order valence-corrected chi connectivity index (χ2v) is 10.8. The summed E-state index contributed by atoms with van der Waals surface area (Å²) in [6.07, 6.45) is 7.16. The van der Waals surface area contributed by atoms with Gasteiger partial charge in [0.15, 0.2) is 0 Å². The summed E-state index contributed by atoms with van der Waals surface area (Å²) in [5, 5.41) is 1.48. The molecule has 0 amide bonds. The molecule has 0 spiro atoms. The predicted octanol–water partition coefficient (Wildman–Crippen LogP) is 7.00. The van der Waals surface area contributed by atoms with Crippen LogP contribution in [0, 0.1) is 0 Å². The van der Waals surface area contributed by atoms with Gasteiger partial charge in [0.05, 0.1) is 17.8 Å². The average molecular weight is 399 g/mol. The lowest BCUT2D eigenvalue weighted by molar-refractivity contribution is 0.231. The van der Waals surface area contributed by atoms with E-state index in [0.717, 1.165) is 22.7 Å². The Labute approximate surface area is 172 Å². The molecule has 152 valence electrons. The Bertz CT molecular complexity index is 735. The van der Waals surface area contributed by atoms with Crippen molar-refractivity contribution in [2.45, 2.75) is 77.7 Å². The summed E-state index contributed by atoms with van der Waals surface area (Å²) in [5.74, 6) is 1.85. The standard InChI is InChI=1S/C25H35O2P/c1-18(2)26-22-15-11-16-23(27-19(3)4)25(22)21-14-9-10-17-24(21)28(5)20-12-7-6-8-13-20/h9-11,14-20H,6-8,12-13H2,1-5H3. The van der Waals surface area contributed by atoms with E-state index in [4.69, 9.17) is 9.47 Å². The summed E-state index contributed by atoms with van der Waals surface area (Å²) in [4.78, 5) is 0. The van der Waals surface area contributed by atoms with Gasteiger partial charge < -0.3 is 9.47 Å². The fourth-order valence-corrected chi connectivity index (χ4v) is 6.56. The molecule has 3 rings (SSSR count). The molecule has 0 radical (unpaired) electrons. The van der Waals surface area contributed by atoms with Crippen molar-refractivity contribution in [3.63, 3.8) is 0 Å². The van der Waals surface area contributed by atoms with E-state index in [2.05, 4.69) is 70.8 Å². The molecule has 0 saturated heterocycles. The summed E-state index contributed by atoms with van der Waals surface area (Å²) in [5.41, 5.74) is 3.23. The highest BCUT2D eigenvalue weighted by Crippen LogP contribution is 2.48. The SMILES string of the molecule is CC(C)Oc1cccc(OC(C)C)c1-c1ccccc1P(C)C1CCCCC1. The van der Waals surface area contributed by atoms with Crippen LogP contribution < -0.4 is 14.8 Å². The van der Waals surface area contributed by atoms with Crippen molar-refractivity contribution in [1.29, 1.82) is 0 Å². The fourth-order valence-electron chi connectivity index (χ4n) is 4.14. The molecule has 1 aliphatic rings. The van der Waals surface area contributed by atoms with Crippen molar-refractivity contribution in [3.05, 3.63) is 42.5 Å². The Morgan fingerprint density at radius 3 is 1.93 bits per heavy atom. The first-order chi connectivity index (χ1) is 13.5. The average Bonchev–Trinajstić information content (AvgIpc) is 2.67. The van der Waals surface area contributed by atoms with Gasteiger partial charge in [-0.05, 0) is 75.9 Å². The van der Waals surface area contributed by atoms with E-state index in [0.29, 0.717) is 0 Å². The normalized spacial score (nSPS) is 16.4. The van der Waals surface area contributed by atoms with E-state index in [1.165, 1.54) is 43.0 Å². The first kappa shape index (κ1) is 21.2. The van der Waals surface area contributed by atoms with E-state index >= 15 is 0 Å². The maximum absolute atomic E-state index is 6.23. The molecule has 1 saturated carbocycles. The minimum atomic E-state index is -0.215. The van der Waals surface area contributed by atoms with Gasteiger partial charge >= 0.3 is 0 Å². The minimum absolute atomic E-state index is 0.127. The third-order valence-electron chi connectivity index (χ3n) is 5.39. The highest BCUT2D eigenvalue weighted by molar-refractivity contribution is 7.65. The number of benzene rings is 2. The van der Waals surface area contributed by atoms with Gasteiger partial charge in [0.2, 0.25) is 0 Å². The Hall–Kier alpha value is -1.53. The largest absolute Gasteiger partial charge is 0.490 e. The molecule has 0 bridgehead atoms. The van der Waals surface area contributed by atoms with E-state index in [1.54, 1.807) is 0 Å². The lowest BCUT2D eigenvalue weighted by Gasteiger charge is -2.30. The smallest absolute Gasteiger partial charge is 0.131 e. The van der Waals surface area contributed by atoms with Crippen LogP contribution in [0.2, 0.25) is 0 Å². The molecule has 1 fully saturated rings. The Balaban J connectivity index is 2.09. The summed E-state index contributed by atoms with van der Waals surface area (Å²) >= 11 is 0. The van der Waals surface area contributed by atoms with Crippen LogP contribution in [0.4, 0.5) is 0 Å². The third kappa shape index (κ3) is 5.09. The first-order valence-corrected chi connectivity index (χ1v) is 12.6. The Morgan fingerprint density at radius 2 is 1.36 bits per heavy atom. The van der Waals surface area contributed by atoms with Crippen LogP contribution in [0.1, 0.15) is 59.8 Å². The van der Waals surface area contributed by atoms with Gasteiger partial charge in [-0.1, -0.05) is 57.5 Å². The number of ether oxygens (including phenoxy) is 2. The van der Waals surface area contributed by atoms with Crippen LogP contribution in [0.3, 0.4) is 0 Å². The summed E-state index contributed by atoms with van der Waals surface area (Å²) in [6, 6.07) is 15.1. The molecule has 1 atom stereocenters. The van der Waals surface area contributed by atoms with Crippen LogP contribution in [0.15, 0.2) is 42.5 Å². The zero-order chi connectivity index (χ0) is 20.1. The second kappa shape index (κ2) is 9.79. The van der Waals surface area contributed by atoms with Crippen LogP contribution in [0.5, 0.6) is 11.5 Å². The number of hydrogen-bond donors (Lipinski definition) is 0. The van der Waals surface area contributed by atoms with Gasteiger partial charge in [-0.2, -0.15) is 0 Å². The molecule has 0 heterocycles. The van der Waals surface area contributed by atoms with E-state index < -0.39 is 0 Å². The van der Waals surface area contributed by atoms with Crippen molar-refractivity contribution in [1.82, 2.24) is 0 Å². The molecular formula is C25H35O2P. The molecule has 0 aliphatic heterocycles. The highest BCUT2D eigenvalue weighted by atomic mass is 31.1. The summed E-state index contributed by atoms with van der Waals surface area (Å²) < 4.78 is 12.5. The van der Waals surface area contributed by atoms with Crippen molar-refractivity contribution < 1.29 is 9.47 Å². The quantitative estimate of drug-likeness (QED) is 0.468. The molecule has 2 nitrogen and oxygen atoms in total. The fraction of sp³-hybridized carbons (Fsp3) is 0.520. The van der Waals surface area contributed by atoms with Gasteiger partial charge in [0, 0.05) is 0 Å². The third-order valence-corrected chi connectivity index (χ3v) is 8.15. The monoisotopic (exact) mass is 398 g/mol. The molecular weight excluding hydrogens is 363 g/mol. The van der Waals surface area contributed by atoms with Crippen molar-refractivity contribution >= 4 is 13.2 Å². The first-order valence-electron chi connectivity index (χ1n) is 10.8. The molecule has 1 unspecified atom stereocenters. The maximum Gasteiger partial charge on any atom is 0.131 e. The molecule has 3 heteroatoms. The van der Waals surface area contributed by atoms with Crippen LogP contribution in [0.25, 0.3) is 11.1 Å². The molecule has 28 heavy (non-hydrogen) atoms. The maximum atomic E-state index is 6.23. The zero-order valence-electron chi connectivity index (χ0n) is 18.1. The van der Waals surface area contributed by atoms with E-state index in [-0.39, 0.29) is 20.1 Å². The van der Waals surface area contributed by atoms with Crippen molar-refractivity contribution in [3.8, 4) is 22.6 Å². The van der Waals surface area contributed by atoms with Crippen molar-refractivity contribution in [2.24, 2.45) is 0 Å².